The van der Waals surface area contributed by atoms with Gasteiger partial charge in [0.2, 0.25) is 0 Å². The first-order valence-electron chi connectivity index (χ1n) is 5.36. The van der Waals surface area contributed by atoms with Gasteiger partial charge in [-0.3, -0.25) is 0 Å². The fourth-order valence-electron chi connectivity index (χ4n) is 2.13. The van der Waals surface area contributed by atoms with E-state index < -0.39 is 5.97 Å². The predicted molar refractivity (Wildman–Crippen MR) is 64.0 cm³/mol. The maximum absolute atomic E-state index is 11.0. The highest BCUT2D eigenvalue weighted by molar-refractivity contribution is 5.95. The van der Waals surface area contributed by atoms with Crippen molar-refractivity contribution in [2.24, 2.45) is 7.05 Å². The Balaban J connectivity index is 2.83. The molecule has 1 aromatic carbocycles. The van der Waals surface area contributed by atoms with Gasteiger partial charge in [0.15, 0.2) is 0 Å². The molecular weight excluding hydrogens is 202 g/mol. The number of benzene rings is 1. The lowest BCUT2D eigenvalue weighted by Gasteiger charge is -2.06. The second kappa shape index (κ2) is 3.67. The van der Waals surface area contributed by atoms with E-state index in [1.807, 2.05) is 27.0 Å². The van der Waals surface area contributed by atoms with Crippen LogP contribution in [0.5, 0.6) is 0 Å². The van der Waals surface area contributed by atoms with Crippen molar-refractivity contribution in [3.05, 3.63) is 35.0 Å². The number of aromatic carboxylic acids is 1. The Morgan fingerprint density at radius 3 is 2.62 bits per heavy atom. The summed E-state index contributed by atoms with van der Waals surface area (Å²) in [5, 5.41) is 10.0. The van der Waals surface area contributed by atoms with Crippen LogP contribution in [0.4, 0.5) is 0 Å². The maximum atomic E-state index is 11.0. The van der Waals surface area contributed by atoms with E-state index in [1.165, 1.54) is 0 Å². The zero-order chi connectivity index (χ0) is 11.9. The molecule has 0 unspecified atom stereocenters. The van der Waals surface area contributed by atoms with Crippen LogP contribution in [0.15, 0.2) is 18.2 Å². The zero-order valence-corrected chi connectivity index (χ0v) is 9.74. The fraction of sp³-hybridized carbons (Fsp3) is 0.308. The first-order chi connectivity index (χ1) is 7.54. The molecule has 0 aliphatic rings. The van der Waals surface area contributed by atoms with Crippen molar-refractivity contribution in [3.8, 4) is 0 Å². The Morgan fingerprint density at radius 2 is 2.06 bits per heavy atom. The van der Waals surface area contributed by atoms with Crippen LogP contribution in [0.2, 0.25) is 0 Å². The Hall–Kier alpha value is -1.77. The quantitative estimate of drug-likeness (QED) is 0.840. The van der Waals surface area contributed by atoms with Gasteiger partial charge < -0.3 is 9.67 Å². The van der Waals surface area contributed by atoms with Crippen LogP contribution in [0, 0.1) is 6.92 Å². The van der Waals surface area contributed by atoms with Crippen molar-refractivity contribution < 1.29 is 9.90 Å². The molecule has 0 spiro atoms. The van der Waals surface area contributed by atoms with Crippen molar-refractivity contribution in [3.63, 3.8) is 0 Å². The highest BCUT2D eigenvalue weighted by atomic mass is 16.4. The SMILES string of the molecule is CCc1cc(C(=O)O)cc2cc(C)n(C)c12. The summed E-state index contributed by atoms with van der Waals surface area (Å²) in [7, 11) is 2.01. The molecule has 2 rings (SSSR count). The number of rotatable bonds is 2. The Bertz CT molecular complexity index is 567. The predicted octanol–water partition coefficient (Wildman–Crippen LogP) is 2.75. The first-order valence-corrected chi connectivity index (χ1v) is 5.36. The molecule has 84 valence electrons. The van der Waals surface area contributed by atoms with E-state index in [2.05, 4.69) is 4.57 Å². The maximum Gasteiger partial charge on any atom is 0.335 e. The van der Waals surface area contributed by atoms with Gasteiger partial charge in [0.1, 0.15) is 0 Å². The third-order valence-corrected chi connectivity index (χ3v) is 3.08. The summed E-state index contributed by atoms with van der Waals surface area (Å²) in [5.41, 5.74) is 3.75. The molecule has 1 N–H and O–H groups in total. The van der Waals surface area contributed by atoms with Gasteiger partial charge >= 0.3 is 5.97 Å². The monoisotopic (exact) mass is 217 g/mol. The highest BCUT2D eigenvalue weighted by Gasteiger charge is 2.11. The van der Waals surface area contributed by atoms with E-state index >= 15 is 0 Å². The zero-order valence-electron chi connectivity index (χ0n) is 9.74. The fourth-order valence-corrected chi connectivity index (χ4v) is 2.13. The van der Waals surface area contributed by atoms with E-state index in [0.717, 1.165) is 28.6 Å². The van der Waals surface area contributed by atoms with Crippen LogP contribution in [-0.2, 0) is 13.5 Å². The number of aromatic nitrogens is 1. The van der Waals surface area contributed by atoms with E-state index in [9.17, 15) is 4.79 Å². The second-order valence-electron chi connectivity index (χ2n) is 4.08. The van der Waals surface area contributed by atoms with Crippen molar-refractivity contribution in [2.75, 3.05) is 0 Å². The number of carboxylic acid groups (broad SMARTS) is 1. The number of nitrogens with zero attached hydrogens (tertiary/aromatic N) is 1. The summed E-state index contributed by atoms with van der Waals surface area (Å²) in [6.45, 7) is 4.07. The molecule has 0 saturated carbocycles. The minimum absolute atomic E-state index is 0.370. The van der Waals surface area contributed by atoms with Gasteiger partial charge in [0, 0.05) is 18.1 Å². The molecule has 0 aliphatic heterocycles. The Morgan fingerprint density at radius 1 is 1.38 bits per heavy atom. The van der Waals surface area contributed by atoms with E-state index in [0.29, 0.717) is 5.56 Å². The van der Waals surface area contributed by atoms with Crippen LogP contribution in [-0.4, -0.2) is 15.6 Å². The average Bonchev–Trinajstić information content (AvgIpc) is 2.53. The van der Waals surface area contributed by atoms with Crippen LogP contribution in [0.1, 0.15) is 28.5 Å². The molecule has 0 amide bonds. The van der Waals surface area contributed by atoms with Gasteiger partial charge in [-0.15, -0.1) is 0 Å². The molecule has 0 atom stereocenters. The number of hydrogen-bond donors (Lipinski definition) is 1. The Kier molecular flexibility index (Phi) is 2.46. The molecule has 3 nitrogen and oxygen atoms in total. The first kappa shape index (κ1) is 10.7. The van der Waals surface area contributed by atoms with E-state index in [-0.39, 0.29) is 0 Å². The summed E-state index contributed by atoms with van der Waals surface area (Å²) < 4.78 is 2.11. The number of aryl methyl sites for hydroxylation is 3. The van der Waals surface area contributed by atoms with Gasteiger partial charge in [-0.25, -0.2) is 4.79 Å². The smallest absolute Gasteiger partial charge is 0.335 e. The number of hydrogen-bond acceptors (Lipinski definition) is 1. The lowest BCUT2D eigenvalue weighted by Crippen LogP contribution is -2.00. The van der Waals surface area contributed by atoms with E-state index in [1.54, 1.807) is 12.1 Å². The van der Waals surface area contributed by atoms with Crippen molar-refractivity contribution in [1.29, 1.82) is 0 Å². The summed E-state index contributed by atoms with van der Waals surface area (Å²) in [6.07, 6.45) is 0.842. The topological polar surface area (TPSA) is 42.2 Å². The summed E-state index contributed by atoms with van der Waals surface area (Å²) in [4.78, 5) is 11.0. The van der Waals surface area contributed by atoms with Gasteiger partial charge in [0.05, 0.1) is 11.1 Å². The van der Waals surface area contributed by atoms with Crippen molar-refractivity contribution in [1.82, 2.24) is 4.57 Å². The van der Waals surface area contributed by atoms with Crippen LogP contribution < -0.4 is 0 Å². The lowest BCUT2D eigenvalue weighted by atomic mass is 10.0. The molecule has 1 heterocycles. The molecule has 0 aliphatic carbocycles. The minimum Gasteiger partial charge on any atom is -0.478 e. The molecule has 0 saturated heterocycles. The van der Waals surface area contributed by atoms with Crippen molar-refractivity contribution in [2.45, 2.75) is 20.3 Å². The standard InChI is InChI=1S/C13H15NO2/c1-4-9-6-11(13(15)16)7-10-5-8(2)14(3)12(9)10/h5-7H,4H2,1-3H3,(H,15,16). The van der Waals surface area contributed by atoms with E-state index in [4.69, 9.17) is 5.11 Å². The largest absolute Gasteiger partial charge is 0.478 e. The van der Waals surface area contributed by atoms with Gasteiger partial charge in [0.25, 0.3) is 0 Å². The normalized spacial score (nSPS) is 10.9. The van der Waals surface area contributed by atoms with Crippen LogP contribution in [0.25, 0.3) is 10.9 Å². The molecule has 16 heavy (non-hydrogen) atoms. The molecule has 0 bridgehead atoms. The second-order valence-corrected chi connectivity index (χ2v) is 4.08. The average molecular weight is 217 g/mol. The Labute approximate surface area is 94.3 Å². The molecule has 0 fully saturated rings. The number of fused-ring (bicyclic) bond motifs is 1. The molecular formula is C13H15NO2. The highest BCUT2D eigenvalue weighted by Crippen LogP contribution is 2.24. The third-order valence-electron chi connectivity index (χ3n) is 3.08. The molecule has 3 heteroatoms. The summed E-state index contributed by atoms with van der Waals surface area (Å²) in [5.74, 6) is -0.863. The lowest BCUT2D eigenvalue weighted by molar-refractivity contribution is 0.0697. The summed E-state index contributed by atoms with van der Waals surface area (Å²) >= 11 is 0. The third kappa shape index (κ3) is 1.48. The van der Waals surface area contributed by atoms with Crippen molar-refractivity contribution >= 4 is 16.9 Å². The van der Waals surface area contributed by atoms with Crippen LogP contribution in [0.3, 0.4) is 0 Å². The number of carbonyl (C=O) groups is 1. The molecule has 2 aromatic rings. The van der Waals surface area contributed by atoms with Crippen LogP contribution >= 0.6 is 0 Å². The van der Waals surface area contributed by atoms with Gasteiger partial charge in [-0.05, 0) is 37.1 Å². The summed E-state index contributed by atoms with van der Waals surface area (Å²) in [6, 6.07) is 5.54. The number of carboxylic acids is 1. The van der Waals surface area contributed by atoms with Gasteiger partial charge in [-0.2, -0.15) is 0 Å². The molecule has 1 aromatic heterocycles. The van der Waals surface area contributed by atoms with Gasteiger partial charge in [-0.1, -0.05) is 6.92 Å². The minimum atomic E-state index is -0.863. The molecule has 0 radical (unpaired) electrons.